The molecular formula is C14H24N6. The van der Waals surface area contributed by atoms with Crippen LogP contribution in [0.5, 0.6) is 0 Å². The van der Waals surface area contributed by atoms with Crippen LogP contribution >= 0.6 is 0 Å². The van der Waals surface area contributed by atoms with Crippen LogP contribution in [0.3, 0.4) is 0 Å². The summed E-state index contributed by atoms with van der Waals surface area (Å²) >= 11 is 0. The largest absolute Gasteiger partial charge is 0.354 e. The van der Waals surface area contributed by atoms with Crippen LogP contribution in [0.1, 0.15) is 46.0 Å². The van der Waals surface area contributed by atoms with Crippen molar-refractivity contribution < 1.29 is 0 Å². The topological polar surface area (TPSA) is 66.0 Å². The summed E-state index contributed by atoms with van der Waals surface area (Å²) in [6.07, 6.45) is 5.89. The van der Waals surface area contributed by atoms with Gasteiger partial charge in [-0.15, -0.1) is 0 Å². The Kier molecular flexibility index (Phi) is 3.63. The highest BCUT2D eigenvalue weighted by Crippen LogP contribution is 2.37. The van der Waals surface area contributed by atoms with Crippen LogP contribution in [-0.4, -0.2) is 40.1 Å². The van der Waals surface area contributed by atoms with E-state index >= 15 is 0 Å². The van der Waals surface area contributed by atoms with E-state index in [2.05, 4.69) is 44.3 Å². The van der Waals surface area contributed by atoms with Gasteiger partial charge in [0.2, 0.25) is 17.8 Å². The molecule has 0 amide bonds. The van der Waals surface area contributed by atoms with E-state index in [1.807, 2.05) is 0 Å². The molecule has 6 nitrogen and oxygen atoms in total. The number of rotatable bonds is 6. The molecule has 1 aliphatic carbocycles. The first kappa shape index (κ1) is 13.4. The minimum Gasteiger partial charge on any atom is -0.354 e. The van der Waals surface area contributed by atoms with Gasteiger partial charge in [0.1, 0.15) is 0 Å². The quantitative estimate of drug-likeness (QED) is 0.831. The second-order valence-electron chi connectivity index (χ2n) is 6.09. The Morgan fingerprint density at radius 3 is 2.45 bits per heavy atom. The van der Waals surface area contributed by atoms with Gasteiger partial charge in [-0.05, 0) is 39.0 Å². The first-order valence-electron chi connectivity index (χ1n) is 7.72. The van der Waals surface area contributed by atoms with E-state index in [1.54, 1.807) is 0 Å². The van der Waals surface area contributed by atoms with E-state index in [0.29, 0.717) is 11.9 Å². The van der Waals surface area contributed by atoms with Crippen molar-refractivity contribution in [3.8, 4) is 0 Å². The minimum absolute atomic E-state index is 0.186. The molecule has 2 heterocycles. The lowest BCUT2D eigenvalue weighted by Gasteiger charge is -2.18. The molecule has 0 bridgehead atoms. The van der Waals surface area contributed by atoms with Crippen molar-refractivity contribution in [2.45, 2.75) is 51.5 Å². The summed E-state index contributed by atoms with van der Waals surface area (Å²) in [4.78, 5) is 15.9. The third-order valence-corrected chi connectivity index (χ3v) is 3.96. The first-order chi connectivity index (χ1) is 9.68. The number of hydrogen-bond donors (Lipinski definition) is 2. The molecule has 0 atom stereocenters. The summed E-state index contributed by atoms with van der Waals surface area (Å²) in [6.45, 7) is 7.34. The van der Waals surface area contributed by atoms with Gasteiger partial charge in [-0.1, -0.05) is 6.92 Å². The summed E-state index contributed by atoms with van der Waals surface area (Å²) in [5.74, 6) is 2.21. The van der Waals surface area contributed by atoms with Crippen LogP contribution < -0.4 is 15.5 Å². The van der Waals surface area contributed by atoms with Gasteiger partial charge in [0.25, 0.3) is 0 Å². The molecule has 20 heavy (non-hydrogen) atoms. The van der Waals surface area contributed by atoms with Crippen molar-refractivity contribution in [1.29, 1.82) is 0 Å². The zero-order chi connectivity index (χ0) is 14.0. The number of hydrogen-bond acceptors (Lipinski definition) is 6. The molecular weight excluding hydrogens is 252 g/mol. The highest BCUT2D eigenvalue weighted by atomic mass is 15.3. The van der Waals surface area contributed by atoms with Crippen molar-refractivity contribution in [1.82, 2.24) is 15.0 Å². The summed E-state index contributed by atoms with van der Waals surface area (Å²) < 4.78 is 0. The predicted octanol–water partition coefficient (Wildman–Crippen LogP) is 2.26. The van der Waals surface area contributed by atoms with E-state index in [9.17, 15) is 0 Å². The summed E-state index contributed by atoms with van der Waals surface area (Å²) in [7, 11) is 0. The van der Waals surface area contributed by atoms with Crippen molar-refractivity contribution in [3.63, 3.8) is 0 Å². The smallest absolute Gasteiger partial charge is 0.231 e. The third kappa shape index (κ3) is 3.11. The Morgan fingerprint density at radius 2 is 1.80 bits per heavy atom. The Hall–Kier alpha value is -1.59. The van der Waals surface area contributed by atoms with Crippen LogP contribution in [0.2, 0.25) is 0 Å². The second-order valence-corrected chi connectivity index (χ2v) is 6.09. The fraction of sp³-hybridized carbons (Fsp3) is 0.786. The number of anilines is 3. The van der Waals surface area contributed by atoms with Gasteiger partial charge in [0, 0.05) is 25.2 Å². The Bertz CT molecular complexity index is 465. The number of nitrogens with zero attached hydrogens (tertiary/aromatic N) is 4. The van der Waals surface area contributed by atoms with Gasteiger partial charge in [0.05, 0.1) is 0 Å². The Labute approximate surface area is 120 Å². The van der Waals surface area contributed by atoms with E-state index in [1.165, 1.54) is 25.7 Å². The van der Waals surface area contributed by atoms with Gasteiger partial charge in [-0.25, -0.2) is 0 Å². The first-order valence-corrected chi connectivity index (χ1v) is 7.72. The zero-order valence-corrected chi connectivity index (χ0v) is 12.4. The molecule has 1 aliphatic heterocycles. The monoisotopic (exact) mass is 276 g/mol. The van der Waals surface area contributed by atoms with E-state index in [-0.39, 0.29) is 5.54 Å². The van der Waals surface area contributed by atoms with Crippen molar-refractivity contribution in [2.24, 2.45) is 0 Å². The second kappa shape index (κ2) is 5.42. The Morgan fingerprint density at radius 1 is 1.10 bits per heavy atom. The van der Waals surface area contributed by atoms with Gasteiger partial charge >= 0.3 is 0 Å². The normalized spacial score (nSPS) is 20.0. The third-order valence-electron chi connectivity index (χ3n) is 3.96. The zero-order valence-electron chi connectivity index (χ0n) is 12.4. The van der Waals surface area contributed by atoms with E-state index < -0.39 is 0 Å². The lowest BCUT2D eigenvalue weighted by atomic mass is 10.3. The molecule has 0 spiro atoms. The maximum absolute atomic E-state index is 4.60. The molecule has 0 unspecified atom stereocenters. The molecule has 2 aliphatic rings. The fourth-order valence-electron chi connectivity index (χ4n) is 2.38. The van der Waals surface area contributed by atoms with Crippen LogP contribution in [0.25, 0.3) is 0 Å². The molecule has 0 radical (unpaired) electrons. The number of aromatic nitrogens is 3. The standard InChI is InChI=1S/C14H24N6/c1-3-8-15-11-16-12(19-14(2)6-7-14)18-13(17-11)20-9-4-5-10-20/h3-10H2,1-2H3,(H2,15,16,17,18,19). The van der Waals surface area contributed by atoms with Crippen LogP contribution in [0.4, 0.5) is 17.8 Å². The fourth-order valence-corrected chi connectivity index (χ4v) is 2.38. The van der Waals surface area contributed by atoms with E-state index in [0.717, 1.165) is 32.0 Å². The highest BCUT2D eigenvalue weighted by Gasteiger charge is 2.38. The molecule has 1 aromatic heterocycles. The average Bonchev–Trinajstić information content (AvgIpc) is 2.96. The molecule has 1 aromatic rings. The van der Waals surface area contributed by atoms with Gasteiger partial charge < -0.3 is 15.5 Å². The molecule has 110 valence electrons. The molecule has 6 heteroatoms. The van der Waals surface area contributed by atoms with Gasteiger partial charge in [-0.3, -0.25) is 0 Å². The molecule has 0 aromatic carbocycles. The minimum atomic E-state index is 0.186. The van der Waals surface area contributed by atoms with Crippen molar-refractivity contribution in [2.75, 3.05) is 35.2 Å². The molecule has 2 N–H and O–H groups in total. The summed E-state index contributed by atoms with van der Waals surface area (Å²) in [5.41, 5.74) is 0.186. The number of nitrogens with one attached hydrogen (secondary N) is 2. The van der Waals surface area contributed by atoms with Gasteiger partial charge in [0.15, 0.2) is 0 Å². The van der Waals surface area contributed by atoms with Crippen LogP contribution in [0.15, 0.2) is 0 Å². The average molecular weight is 276 g/mol. The molecule has 1 saturated heterocycles. The van der Waals surface area contributed by atoms with Crippen LogP contribution in [-0.2, 0) is 0 Å². The van der Waals surface area contributed by atoms with Crippen molar-refractivity contribution >= 4 is 17.8 Å². The molecule has 2 fully saturated rings. The SMILES string of the molecule is CCCNc1nc(NC2(C)CC2)nc(N2CCCC2)n1. The molecule has 3 rings (SSSR count). The summed E-state index contributed by atoms with van der Waals surface area (Å²) in [5, 5.41) is 6.72. The van der Waals surface area contributed by atoms with Crippen LogP contribution in [0, 0.1) is 0 Å². The van der Waals surface area contributed by atoms with E-state index in [4.69, 9.17) is 0 Å². The highest BCUT2D eigenvalue weighted by molar-refractivity contribution is 5.46. The maximum Gasteiger partial charge on any atom is 0.231 e. The Balaban J connectivity index is 1.81. The van der Waals surface area contributed by atoms with Gasteiger partial charge in [-0.2, -0.15) is 15.0 Å². The lowest BCUT2D eigenvalue weighted by Crippen LogP contribution is -2.24. The maximum atomic E-state index is 4.60. The lowest BCUT2D eigenvalue weighted by molar-refractivity contribution is 0.796. The van der Waals surface area contributed by atoms with Crippen molar-refractivity contribution in [3.05, 3.63) is 0 Å². The predicted molar refractivity (Wildman–Crippen MR) is 81.3 cm³/mol. The molecule has 1 saturated carbocycles. The summed E-state index contributed by atoms with van der Waals surface area (Å²) in [6, 6.07) is 0.